The Morgan fingerprint density at radius 2 is 1.92 bits per heavy atom. The summed E-state index contributed by atoms with van der Waals surface area (Å²) >= 11 is 0. The molecule has 0 fully saturated rings. The third kappa shape index (κ3) is 3.86. The molecule has 0 bridgehead atoms. The first kappa shape index (κ1) is 11.6. The van der Waals surface area contributed by atoms with Crippen LogP contribution in [0.4, 0.5) is 0 Å². The largest absolute Gasteiger partial charge is 0.371 e. The zero-order valence-electron chi connectivity index (χ0n) is 8.81. The van der Waals surface area contributed by atoms with Crippen molar-refractivity contribution in [2.24, 2.45) is 5.92 Å². The number of hydrogen-bond acceptors (Lipinski definition) is 2. The van der Waals surface area contributed by atoms with E-state index < -0.39 is 5.60 Å². The van der Waals surface area contributed by atoms with Gasteiger partial charge in [-0.05, 0) is 26.2 Å². The monoisotopic (exact) mass is 172 g/mol. The van der Waals surface area contributed by atoms with Crippen LogP contribution in [0.2, 0.25) is 0 Å². The number of hydrogen-bond donors (Lipinski definition) is 0. The zero-order valence-corrected chi connectivity index (χ0v) is 8.81. The van der Waals surface area contributed by atoms with E-state index >= 15 is 0 Å². The molecule has 0 saturated heterocycles. The molecule has 0 aliphatic carbocycles. The predicted octanol–water partition coefficient (Wildman–Crippen LogP) is 2.42. The van der Waals surface area contributed by atoms with E-state index in [-0.39, 0.29) is 5.78 Å². The first-order valence-corrected chi connectivity index (χ1v) is 4.48. The summed E-state index contributed by atoms with van der Waals surface area (Å²) < 4.78 is 5.08. The van der Waals surface area contributed by atoms with Crippen LogP contribution in [0.1, 0.15) is 40.5 Å². The molecule has 0 radical (unpaired) electrons. The van der Waals surface area contributed by atoms with Crippen molar-refractivity contribution < 1.29 is 9.53 Å². The highest BCUT2D eigenvalue weighted by molar-refractivity contribution is 5.86. The topological polar surface area (TPSA) is 26.3 Å². The normalized spacial score (nSPS) is 12.2. The van der Waals surface area contributed by atoms with Crippen molar-refractivity contribution in [3.05, 3.63) is 0 Å². The van der Waals surface area contributed by atoms with Crippen LogP contribution in [-0.2, 0) is 9.53 Å². The average molecular weight is 172 g/mol. The number of ketones is 1. The van der Waals surface area contributed by atoms with E-state index in [4.69, 9.17) is 4.74 Å². The molecule has 0 unspecified atom stereocenters. The SMILES string of the molecule is COC(C)(C)C(=O)CCC(C)C. The summed E-state index contributed by atoms with van der Waals surface area (Å²) in [6.45, 7) is 7.87. The van der Waals surface area contributed by atoms with Crippen LogP contribution in [0.5, 0.6) is 0 Å². The summed E-state index contributed by atoms with van der Waals surface area (Å²) in [4.78, 5) is 11.5. The third-order valence-electron chi connectivity index (χ3n) is 2.13. The van der Waals surface area contributed by atoms with Gasteiger partial charge in [-0.15, -0.1) is 0 Å². The van der Waals surface area contributed by atoms with Gasteiger partial charge >= 0.3 is 0 Å². The molecule has 2 heteroatoms. The van der Waals surface area contributed by atoms with Gasteiger partial charge in [0.2, 0.25) is 0 Å². The summed E-state index contributed by atoms with van der Waals surface area (Å²) in [5, 5.41) is 0. The van der Waals surface area contributed by atoms with Gasteiger partial charge in [0, 0.05) is 13.5 Å². The van der Waals surface area contributed by atoms with Gasteiger partial charge in [0.25, 0.3) is 0 Å². The van der Waals surface area contributed by atoms with E-state index in [9.17, 15) is 4.79 Å². The van der Waals surface area contributed by atoms with Crippen LogP contribution in [0, 0.1) is 5.92 Å². The van der Waals surface area contributed by atoms with Gasteiger partial charge in [-0.1, -0.05) is 13.8 Å². The van der Waals surface area contributed by atoms with E-state index in [1.54, 1.807) is 7.11 Å². The summed E-state index contributed by atoms with van der Waals surface area (Å²) in [5.41, 5.74) is -0.602. The van der Waals surface area contributed by atoms with E-state index in [1.165, 1.54) is 0 Å². The van der Waals surface area contributed by atoms with Crippen molar-refractivity contribution >= 4 is 5.78 Å². The van der Waals surface area contributed by atoms with Crippen molar-refractivity contribution in [2.45, 2.75) is 46.1 Å². The maximum absolute atomic E-state index is 11.5. The Hall–Kier alpha value is -0.370. The van der Waals surface area contributed by atoms with Gasteiger partial charge < -0.3 is 4.74 Å². The van der Waals surface area contributed by atoms with E-state index in [1.807, 2.05) is 13.8 Å². The molecular weight excluding hydrogens is 152 g/mol. The number of ether oxygens (including phenoxy) is 1. The number of methoxy groups -OCH3 is 1. The molecule has 0 amide bonds. The molecule has 0 aromatic carbocycles. The quantitative estimate of drug-likeness (QED) is 0.636. The van der Waals surface area contributed by atoms with Crippen LogP contribution >= 0.6 is 0 Å². The highest BCUT2D eigenvalue weighted by atomic mass is 16.5. The lowest BCUT2D eigenvalue weighted by atomic mass is 9.96. The Labute approximate surface area is 75.3 Å². The highest BCUT2D eigenvalue weighted by Crippen LogP contribution is 2.14. The molecule has 0 heterocycles. The molecule has 0 rings (SSSR count). The summed E-state index contributed by atoms with van der Waals surface area (Å²) in [7, 11) is 1.58. The molecule has 0 saturated carbocycles. The molecule has 0 aliphatic rings. The minimum Gasteiger partial charge on any atom is -0.371 e. The molecule has 72 valence electrons. The summed E-state index contributed by atoms with van der Waals surface area (Å²) in [5.74, 6) is 0.778. The first-order chi connectivity index (χ1) is 5.40. The van der Waals surface area contributed by atoms with Crippen molar-refractivity contribution in [3.8, 4) is 0 Å². The highest BCUT2D eigenvalue weighted by Gasteiger charge is 2.25. The van der Waals surface area contributed by atoms with E-state index in [0.29, 0.717) is 12.3 Å². The zero-order chi connectivity index (χ0) is 9.78. The lowest BCUT2D eigenvalue weighted by Crippen LogP contribution is -2.33. The van der Waals surface area contributed by atoms with Crippen molar-refractivity contribution in [3.63, 3.8) is 0 Å². The standard InChI is InChI=1S/C10H20O2/c1-8(2)6-7-9(11)10(3,4)12-5/h8H,6-7H2,1-5H3. The molecule has 0 N–H and O–H groups in total. The second-order valence-corrected chi connectivity index (χ2v) is 4.07. The fourth-order valence-corrected chi connectivity index (χ4v) is 0.835. The fourth-order valence-electron chi connectivity index (χ4n) is 0.835. The minimum absolute atomic E-state index is 0.193. The lowest BCUT2D eigenvalue weighted by molar-refractivity contribution is -0.137. The smallest absolute Gasteiger partial charge is 0.164 e. The van der Waals surface area contributed by atoms with Crippen LogP contribution in [0.25, 0.3) is 0 Å². The molecule has 0 spiro atoms. The van der Waals surface area contributed by atoms with Crippen molar-refractivity contribution in [1.82, 2.24) is 0 Å². The Bertz CT molecular complexity index is 148. The van der Waals surface area contributed by atoms with Crippen molar-refractivity contribution in [2.75, 3.05) is 7.11 Å². The van der Waals surface area contributed by atoms with Gasteiger partial charge in [-0.2, -0.15) is 0 Å². The first-order valence-electron chi connectivity index (χ1n) is 4.48. The Morgan fingerprint density at radius 3 is 2.25 bits per heavy atom. The summed E-state index contributed by atoms with van der Waals surface area (Å²) in [6.07, 6.45) is 1.57. The third-order valence-corrected chi connectivity index (χ3v) is 2.13. The Kier molecular flexibility index (Phi) is 4.46. The average Bonchev–Trinajstić information content (AvgIpc) is 2.00. The molecular formula is C10H20O2. The fraction of sp³-hybridized carbons (Fsp3) is 0.900. The van der Waals surface area contributed by atoms with Gasteiger partial charge in [0.05, 0.1) is 0 Å². The maximum atomic E-state index is 11.5. The number of rotatable bonds is 5. The second-order valence-electron chi connectivity index (χ2n) is 4.07. The maximum Gasteiger partial charge on any atom is 0.164 e. The van der Waals surface area contributed by atoms with Gasteiger partial charge in [0.15, 0.2) is 5.78 Å². The van der Waals surface area contributed by atoms with Crippen LogP contribution < -0.4 is 0 Å². The molecule has 0 aromatic rings. The van der Waals surface area contributed by atoms with Crippen LogP contribution in [-0.4, -0.2) is 18.5 Å². The predicted molar refractivity (Wildman–Crippen MR) is 50.2 cm³/mol. The van der Waals surface area contributed by atoms with Crippen LogP contribution in [0.15, 0.2) is 0 Å². The lowest BCUT2D eigenvalue weighted by Gasteiger charge is -2.21. The van der Waals surface area contributed by atoms with E-state index in [2.05, 4.69) is 13.8 Å². The Balaban J connectivity index is 3.88. The van der Waals surface area contributed by atoms with Gasteiger partial charge in [0.1, 0.15) is 5.60 Å². The molecule has 0 aliphatic heterocycles. The van der Waals surface area contributed by atoms with E-state index in [0.717, 1.165) is 6.42 Å². The van der Waals surface area contributed by atoms with Gasteiger partial charge in [-0.25, -0.2) is 0 Å². The molecule has 2 nitrogen and oxygen atoms in total. The molecule has 12 heavy (non-hydrogen) atoms. The van der Waals surface area contributed by atoms with Gasteiger partial charge in [-0.3, -0.25) is 4.79 Å². The van der Waals surface area contributed by atoms with Crippen molar-refractivity contribution in [1.29, 1.82) is 0 Å². The number of carbonyl (C=O) groups excluding carboxylic acids is 1. The Morgan fingerprint density at radius 1 is 1.42 bits per heavy atom. The van der Waals surface area contributed by atoms with Crippen LogP contribution in [0.3, 0.4) is 0 Å². The minimum atomic E-state index is -0.602. The summed E-state index contributed by atoms with van der Waals surface area (Å²) in [6, 6.07) is 0. The molecule has 0 aromatic heterocycles. The second kappa shape index (κ2) is 4.61. The molecule has 0 atom stereocenters. The number of Topliss-reactive ketones (excluding diaryl/α,β-unsaturated/α-hetero) is 1. The number of carbonyl (C=O) groups is 1.